The molecule has 118 valence electrons. The number of carbonyl (C=O) groups is 1. The Morgan fingerprint density at radius 3 is 2.48 bits per heavy atom. The van der Waals surface area contributed by atoms with E-state index in [0.29, 0.717) is 6.07 Å². The summed E-state index contributed by atoms with van der Waals surface area (Å²) in [7, 11) is -5.94. The lowest BCUT2D eigenvalue weighted by Gasteiger charge is -2.13. The van der Waals surface area contributed by atoms with Crippen molar-refractivity contribution in [3.63, 3.8) is 0 Å². The van der Waals surface area contributed by atoms with Gasteiger partial charge in [0.05, 0.1) is 12.2 Å². The second kappa shape index (κ2) is 6.18. The molecule has 0 aliphatic rings. The fraction of sp³-hybridized carbons (Fsp3) is 0.300. The van der Waals surface area contributed by atoms with Gasteiger partial charge in [-0.2, -0.15) is 21.6 Å². The molecule has 1 aromatic carbocycles. The van der Waals surface area contributed by atoms with Gasteiger partial charge in [0.2, 0.25) is 0 Å². The number of esters is 1. The summed E-state index contributed by atoms with van der Waals surface area (Å²) in [5.74, 6) is -1.79. The van der Waals surface area contributed by atoms with E-state index >= 15 is 0 Å². The van der Waals surface area contributed by atoms with E-state index in [4.69, 9.17) is 5.21 Å². The molecule has 0 fully saturated rings. The normalized spacial score (nSPS) is 11.9. The molecule has 0 aliphatic heterocycles. The predicted octanol–water partition coefficient (Wildman–Crippen LogP) is 1.89. The zero-order valence-corrected chi connectivity index (χ0v) is 11.3. The van der Waals surface area contributed by atoms with E-state index < -0.39 is 33.0 Å². The van der Waals surface area contributed by atoms with Crippen LogP contribution in [0.5, 0.6) is 5.75 Å². The first kappa shape index (κ1) is 17.0. The van der Waals surface area contributed by atoms with Gasteiger partial charge >= 0.3 is 21.6 Å². The molecule has 0 spiro atoms. The summed E-state index contributed by atoms with van der Waals surface area (Å²) in [6, 6.07) is 2.75. The van der Waals surface area contributed by atoms with Crippen molar-refractivity contribution in [3.8, 4) is 5.75 Å². The van der Waals surface area contributed by atoms with Gasteiger partial charge in [0.1, 0.15) is 5.69 Å². The van der Waals surface area contributed by atoms with Crippen LogP contribution < -0.4 is 9.66 Å². The van der Waals surface area contributed by atoms with Gasteiger partial charge in [0, 0.05) is 0 Å². The fourth-order valence-electron chi connectivity index (χ4n) is 1.19. The summed E-state index contributed by atoms with van der Waals surface area (Å²) in [5, 5.41) is 8.73. The Morgan fingerprint density at radius 1 is 1.38 bits per heavy atom. The topological polar surface area (TPSA) is 102 Å². The zero-order chi connectivity index (χ0) is 16.3. The number of anilines is 1. The van der Waals surface area contributed by atoms with E-state index in [9.17, 15) is 26.4 Å². The highest BCUT2D eigenvalue weighted by Crippen LogP contribution is 2.32. The molecule has 1 rings (SSSR count). The third-order valence-corrected chi connectivity index (χ3v) is 3.06. The third-order valence-electron chi connectivity index (χ3n) is 2.10. The molecule has 0 bridgehead atoms. The zero-order valence-electron chi connectivity index (χ0n) is 10.5. The maximum absolute atomic E-state index is 12.2. The van der Waals surface area contributed by atoms with Crippen LogP contribution in [0.25, 0.3) is 0 Å². The van der Waals surface area contributed by atoms with E-state index in [1.54, 1.807) is 0 Å². The first-order valence-electron chi connectivity index (χ1n) is 5.34. The smallest absolute Gasteiger partial charge is 0.462 e. The van der Waals surface area contributed by atoms with Gasteiger partial charge in [-0.15, -0.1) is 0 Å². The average Bonchev–Trinajstić information content (AvgIpc) is 2.37. The number of ether oxygens (including phenoxy) is 1. The van der Waals surface area contributed by atoms with E-state index in [1.165, 1.54) is 12.4 Å². The molecule has 2 N–H and O–H groups in total. The minimum Gasteiger partial charge on any atom is -0.462 e. The predicted molar refractivity (Wildman–Crippen MR) is 63.4 cm³/mol. The number of benzene rings is 1. The SMILES string of the molecule is CCOC(=O)c1ccc(NO)c(OS(=O)(=O)C(F)(F)F)c1. The van der Waals surface area contributed by atoms with Crippen LogP contribution in [0, 0.1) is 0 Å². The van der Waals surface area contributed by atoms with Gasteiger partial charge in [-0.1, -0.05) is 0 Å². The standard InChI is InChI=1S/C10H10F3NO6S/c1-2-19-9(15)6-3-4-7(14-16)8(5-6)20-21(17,18)10(11,12)13/h3-5,14,16H,2H2,1H3. The van der Waals surface area contributed by atoms with Crippen LogP contribution in [-0.4, -0.2) is 31.7 Å². The molecule has 11 heteroatoms. The van der Waals surface area contributed by atoms with E-state index in [2.05, 4.69) is 8.92 Å². The van der Waals surface area contributed by atoms with Crippen LogP contribution >= 0.6 is 0 Å². The van der Waals surface area contributed by atoms with E-state index in [-0.39, 0.29) is 12.2 Å². The molecule has 21 heavy (non-hydrogen) atoms. The van der Waals surface area contributed by atoms with E-state index in [1.807, 2.05) is 0 Å². The molecule has 0 saturated heterocycles. The fourth-order valence-corrected chi connectivity index (χ4v) is 1.66. The van der Waals surface area contributed by atoms with Crippen molar-refractivity contribution in [2.75, 3.05) is 12.1 Å². The quantitative estimate of drug-likeness (QED) is 0.368. The molecule has 1 aromatic rings. The largest absolute Gasteiger partial charge is 0.534 e. The highest BCUT2D eigenvalue weighted by molar-refractivity contribution is 7.88. The molecule has 7 nitrogen and oxygen atoms in total. The van der Waals surface area contributed by atoms with Crippen LogP contribution in [0.4, 0.5) is 18.9 Å². The maximum atomic E-state index is 12.2. The lowest BCUT2D eigenvalue weighted by molar-refractivity contribution is -0.0499. The summed E-state index contributed by atoms with van der Waals surface area (Å²) in [5.41, 5.74) is -4.92. The average molecular weight is 329 g/mol. The minimum absolute atomic E-state index is 0.00980. The van der Waals surface area contributed by atoms with Gasteiger partial charge in [-0.3, -0.25) is 10.7 Å². The number of nitrogens with one attached hydrogen (secondary N) is 1. The Kier molecular flexibility index (Phi) is 5.01. The van der Waals surface area contributed by atoms with Crippen LogP contribution in [-0.2, 0) is 14.9 Å². The van der Waals surface area contributed by atoms with Crippen molar-refractivity contribution in [1.29, 1.82) is 0 Å². The molecule has 0 radical (unpaired) electrons. The van der Waals surface area contributed by atoms with E-state index in [0.717, 1.165) is 12.1 Å². The lowest BCUT2D eigenvalue weighted by atomic mass is 10.2. The Bertz CT molecular complexity index is 628. The molecule has 0 saturated carbocycles. The Hall–Kier alpha value is -2.01. The van der Waals surface area contributed by atoms with Gasteiger partial charge in [-0.25, -0.2) is 4.79 Å². The second-order valence-electron chi connectivity index (χ2n) is 3.53. The van der Waals surface area contributed by atoms with Crippen molar-refractivity contribution in [1.82, 2.24) is 0 Å². The molecule has 0 unspecified atom stereocenters. The summed E-state index contributed by atoms with van der Waals surface area (Å²) < 4.78 is 67.1. The van der Waals surface area contributed by atoms with Crippen LogP contribution in [0.2, 0.25) is 0 Å². The lowest BCUT2D eigenvalue weighted by Crippen LogP contribution is -2.28. The number of hydrogen-bond donors (Lipinski definition) is 2. The number of carbonyl (C=O) groups excluding carboxylic acids is 1. The van der Waals surface area contributed by atoms with Crippen molar-refractivity contribution >= 4 is 21.8 Å². The number of halogens is 3. The highest BCUT2D eigenvalue weighted by atomic mass is 32.2. The molecule has 0 aliphatic carbocycles. The molecule has 0 heterocycles. The summed E-state index contributed by atoms with van der Waals surface area (Å²) >= 11 is 0. The molecule has 0 aromatic heterocycles. The first-order valence-corrected chi connectivity index (χ1v) is 6.75. The monoisotopic (exact) mass is 329 g/mol. The second-order valence-corrected chi connectivity index (χ2v) is 5.06. The number of rotatable bonds is 5. The summed E-state index contributed by atoms with van der Waals surface area (Å²) in [6.07, 6.45) is 0. The number of alkyl halides is 3. The minimum atomic E-state index is -5.94. The van der Waals surface area contributed by atoms with Gasteiger partial charge < -0.3 is 8.92 Å². The van der Waals surface area contributed by atoms with Crippen molar-refractivity contribution in [2.45, 2.75) is 12.4 Å². The van der Waals surface area contributed by atoms with Gasteiger partial charge in [0.25, 0.3) is 0 Å². The van der Waals surface area contributed by atoms with Crippen LogP contribution in [0.1, 0.15) is 17.3 Å². The molecular formula is C10H10F3NO6S. The highest BCUT2D eigenvalue weighted by Gasteiger charge is 2.48. The van der Waals surface area contributed by atoms with Crippen molar-refractivity contribution < 1.29 is 40.5 Å². The Labute approximate surface area is 117 Å². The summed E-state index contributed by atoms with van der Waals surface area (Å²) in [6.45, 7) is 1.52. The maximum Gasteiger partial charge on any atom is 0.534 e. The number of hydrogen-bond acceptors (Lipinski definition) is 7. The third kappa shape index (κ3) is 3.98. The van der Waals surface area contributed by atoms with Gasteiger partial charge in [-0.05, 0) is 25.1 Å². The first-order chi connectivity index (χ1) is 9.62. The van der Waals surface area contributed by atoms with Crippen molar-refractivity contribution in [3.05, 3.63) is 23.8 Å². The van der Waals surface area contributed by atoms with Crippen LogP contribution in [0.15, 0.2) is 18.2 Å². The summed E-state index contributed by atoms with van der Waals surface area (Å²) in [4.78, 5) is 11.4. The Balaban J connectivity index is 3.22. The van der Waals surface area contributed by atoms with Gasteiger partial charge in [0.15, 0.2) is 5.75 Å². The molecule has 0 atom stereocenters. The van der Waals surface area contributed by atoms with Crippen molar-refractivity contribution in [2.24, 2.45) is 0 Å². The molecule has 0 amide bonds. The molecular weight excluding hydrogens is 319 g/mol. The Morgan fingerprint density at radius 2 is 2.00 bits per heavy atom. The van der Waals surface area contributed by atoms with Crippen LogP contribution in [0.3, 0.4) is 0 Å².